The van der Waals surface area contributed by atoms with Crippen LogP contribution in [0, 0.1) is 18.3 Å². The number of nitriles is 1. The second kappa shape index (κ2) is 7.64. The molecule has 29 heavy (non-hydrogen) atoms. The van der Waals surface area contributed by atoms with Gasteiger partial charge in [0.2, 0.25) is 0 Å². The molecule has 0 radical (unpaired) electrons. The third-order valence-electron chi connectivity index (χ3n) is 4.99. The molecule has 4 rings (SSSR count). The Morgan fingerprint density at radius 2 is 1.83 bits per heavy atom. The number of rotatable bonds is 5. The van der Waals surface area contributed by atoms with Gasteiger partial charge < -0.3 is 9.47 Å². The fourth-order valence-corrected chi connectivity index (χ4v) is 3.51. The highest BCUT2D eigenvalue weighted by Crippen LogP contribution is 2.45. The maximum absolute atomic E-state index is 9.84. The number of ether oxygens (including phenoxy) is 2. The van der Waals surface area contributed by atoms with Gasteiger partial charge in [0, 0.05) is 18.2 Å². The van der Waals surface area contributed by atoms with Crippen LogP contribution in [0.3, 0.4) is 0 Å². The van der Waals surface area contributed by atoms with Crippen molar-refractivity contribution < 1.29 is 9.47 Å². The van der Waals surface area contributed by atoms with Gasteiger partial charge in [-0.1, -0.05) is 29.8 Å². The van der Waals surface area contributed by atoms with Gasteiger partial charge in [0.1, 0.15) is 11.6 Å². The third kappa shape index (κ3) is 3.39. The summed E-state index contributed by atoms with van der Waals surface area (Å²) in [6, 6.07) is 14.2. The van der Waals surface area contributed by atoms with E-state index in [4.69, 9.17) is 9.47 Å². The van der Waals surface area contributed by atoms with E-state index in [1.807, 2.05) is 43.3 Å². The van der Waals surface area contributed by atoms with Gasteiger partial charge in [0.25, 0.3) is 0 Å². The Morgan fingerprint density at radius 1 is 1.10 bits per heavy atom. The number of anilines is 1. The second-order valence-electron chi connectivity index (χ2n) is 6.82. The zero-order chi connectivity index (χ0) is 20.4. The van der Waals surface area contributed by atoms with E-state index in [9.17, 15) is 5.26 Å². The Morgan fingerprint density at radius 3 is 2.52 bits per heavy atom. The van der Waals surface area contributed by atoms with Gasteiger partial charge in [-0.25, -0.2) is 4.98 Å². The van der Waals surface area contributed by atoms with Gasteiger partial charge in [-0.3, -0.25) is 5.43 Å². The number of pyridine rings is 1. The number of methoxy groups -OCH3 is 2. The lowest BCUT2D eigenvalue weighted by Gasteiger charge is -2.11. The number of hydrazone groups is 1. The van der Waals surface area contributed by atoms with Crippen molar-refractivity contribution in [1.29, 1.82) is 5.26 Å². The van der Waals surface area contributed by atoms with Crippen molar-refractivity contribution in [2.24, 2.45) is 5.10 Å². The lowest BCUT2D eigenvalue weighted by Crippen LogP contribution is -2.00. The molecule has 0 bridgehead atoms. The van der Waals surface area contributed by atoms with Crippen LogP contribution < -0.4 is 14.9 Å². The van der Waals surface area contributed by atoms with Crippen molar-refractivity contribution in [3.63, 3.8) is 0 Å². The van der Waals surface area contributed by atoms with E-state index in [2.05, 4.69) is 21.6 Å². The van der Waals surface area contributed by atoms with E-state index in [-0.39, 0.29) is 0 Å². The summed E-state index contributed by atoms with van der Waals surface area (Å²) in [5.41, 5.74) is 9.44. The van der Waals surface area contributed by atoms with Crippen LogP contribution in [0.25, 0.3) is 11.1 Å². The van der Waals surface area contributed by atoms with E-state index < -0.39 is 0 Å². The van der Waals surface area contributed by atoms with Gasteiger partial charge >= 0.3 is 0 Å². The zero-order valence-corrected chi connectivity index (χ0v) is 16.5. The molecule has 0 unspecified atom stereocenters. The molecule has 0 spiro atoms. The minimum absolute atomic E-state index is 0.428. The van der Waals surface area contributed by atoms with Crippen molar-refractivity contribution in [1.82, 2.24) is 4.98 Å². The molecule has 6 nitrogen and oxygen atoms in total. The van der Waals surface area contributed by atoms with Crippen LogP contribution >= 0.6 is 0 Å². The molecule has 0 saturated heterocycles. The van der Waals surface area contributed by atoms with Crippen LogP contribution in [0.4, 0.5) is 5.82 Å². The van der Waals surface area contributed by atoms with Crippen molar-refractivity contribution in [3.05, 3.63) is 70.4 Å². The molecule has 6 heteroatoms. The summed E-state index contributed by atoms with van der Waals surface area (Å²) < 4.78 is 10.8. The summed E-state index contributed by atoms with van der Waals surface area (Å²) >= 11 is 0. The van der Waals surface area contributed by atoms with E-state index in [0.717, 1.165) is 27.8 Å². The third-order valence-corrected chi connectivity index (χ3v) is 4.99. The van der Waals surface area contributed by atoms with Crippen LogP contribution in [0.5, 0.6) is 11.5 Å². The number of nitrogens with one attached hydrogen (secondary N) is 1. The Hall–Kier alpha value is -3.85. The first-order valence-corrected chi connectivity index (χ1v) is 9.17. The molecule has 1 aliphatic rings. The predicted molar refractivity (Wildman–Crippen MR) is 113 cm³/mol. The predicted octanol–water partition coefficient (Wildman–Crippen LogP) is 4.30. The topological polar surface area (TPSA) is 79.5 Å². The number of aryl methyl sites for hydroxylation is 1. The lowest BCUT2D eigenvalue weighted by atomic mass is 10.0. The molecule has 0 saturated carbocycles. The lowest BCUT2D eigenvalue weighted by molar-refractivity contribution is 0.355. The van der Waals surface area contributed by atoms with E-state index >= 15 is 0 Å². The standard InChI is InChI=1S/C23H20N4O2/c1-14-4-6-15(7-5-14)12-26-27-23-19(11-24)22-17(13-25-23)8-16-9-20(28-2)21(29-3)10-18(16)22/h4-7,9-10,12-13H,8H2,1-3H3,(H,25,27)/b26-12+. The fraction of sp³-hybridized carbons (Fsp3) is 0.174. The zero-order valence-electron chi connectivity index (χ0n) is 16.5. The normalized spacial score (nSPS) is 11.7. The largest absolute Gasteiger partial charge is 0.493 e. The number of benzene rings is 2. The minimum Gasteiger partial charge on any atom is -0.493 e. The SMILES string of the molecule is COc1cc2c(cc1OC)-c1c(cnc(N/N=C/c3ccc(C)cc3)c1C#N)C2. The quantitative estimate of drug-likeness (QED) is 0.410. The molecule has 3 aromatic rings. The number of fused-ring (bicyclic) bond motifs is 3. The summed E-state index contributed by atoms with van der Waals surface area (Å²) in [7, 11) is 3.22. The van der Waals surface area contributed by atoms with Crippen LogP contribution in [-0.2, 0) is 6.42 Å². The molecule has 2 aromatic carbocycles. The molecular weight excluding hydrogens is 364 g/mol. The van der Waals surface area contributed by atoms with E-state index in [1.54, 1.807) is 26.6 Å². The molecule has 144 valence electrons. The van der Waals surface area contributed by atoms with Gasteiger partial charge in [-0.2, -0.15) is 10.4 Å². The monoisotopic (exact) mass is 384 g/mol. The van der Waals surface area contributed by atoms with E-state index in [1.165, 1.54) is 5.56 Å². The molecule has 1 heterocycles. The van der Waals surface area contributed by atoms with E-state index in [0.29, 0.717) is 29.3 Å². The van der Waals surface area contributed by atoms with Gasteiger partial charge in [0.05, 0.1) is 20.4 Å². The van der Waals surface area contributed by atoms with Crippen LogP contribution in [0.2, 0.25) is 0 Å². The average Bonchev–Trinajstić information content (AvgIpc) is 3.11. The fourth-order valence-electron chi connectivity index (χ4n) is 3.51. The van der Waals surface area contributed by atoms with Crippen molar-refractivity contribution in [2.45, 2.75) is 13.3 Å². The van der Waals surface area contributed by atoms with Gasteiger partial charge in [0.15, 0.2) is 17.3 Å². The smallest absolute Gasteiger partial charge is 0.164 e. The number of hydrogen-bond donors (Lipinski definition) is 1. The molecule has 1 N–H and O–H groups in total. The maximum atomic E-state index is 9.84. The second-order valence-corrected chi connectivity index (χ2v) is 6.82. The highest BCUT2D eigenvalue weighted by atomic mass is 16.5. The Bertz CT molecular complexity index is 1150. The van der Waals surface area contributed by atoms with Gasteiger partial charge in [-0.15, -0.1) is 0 Å². The summed E-state index contributed by atoms with van der Waals surface area (Å²) in [6.07, 6.45) is 4.19. The molecule has 0 fully saturated rings. The molecular formula is C23H20N4O2. The first kappa shape index (κ1) is 18.5. The van der Waals surface area contributed by atoms with Crippen LogP contribution in [0.15, 0.2) is 47.7 Å². The highest BCUT2D eigenvalue weighted by molar-refractivity contribution is 5.86. The van der Waals surface area contributed by atoms with Crippen LogP contribution in [0.1, 0.15) is 27.8 Å². The minimum atomic E-state index is 0.428. The summed E-state index contributed by atoms with van der Waals surface area (Å²) in [6.45, 7) is 2.04. The van der Waals surface area contributed by atoms with Crippen molar-refractivity contribution >= 4 is 12.0 Å². The van der Waals surface area contributed by atoms with Gasteiger partial charge in [-0.05, 0) is 41.3 Å². The van der Waals surface area contributed by atoms with Crippen molar-refractivity contribution in [2.75, 3.05) is 19.6 Å². The molecule has 0 atom stereocenters. The first-order chi connectivity index (χ1) is 14.1. The summed E-state index contributed by atoms with van der Waals surface area (Å²) in [5, 5.41) is 14.1. The molecule has 0 aliphatic heterocycles. The number of nitrogens with zero attached hydrogens (tertiary/aromatic N) is 3. The maximum Gasteiger partial charge on any atom is 0.164 e. The van der Waals surface area contributed by atoms with Crippen molar-refractivity contribution in [3.8, 4) is 28.7 Å². The summed E-state index contributed by atoms with van der Waals surface area (Å²) in [4.78, 5) is 4.42. The molecule has 1 aromatic heterocycles. The number of aromatic nitrogens is 1. The Balaban J connectivity index is 1.70. The highest BCUT2D eigenvalue weighted by Gasteiger charge is 2.26. The summed E-state index contributed by atoms with van der Waals surface area (Å²) in [5.74, 6) is 1.73. The first-order valence-electron chi connectivity index (χ1n) is 9.17. The molecule has 1 aliphatic carbocycles. The molecule has 0 amide bonds. The average molecular weight is 384 g/mol. The Kier molecular flexibility index (Phi) is 4.88. The Labute approximate surface area is 169 Å². The number of hydrogen-bond acceptors (Lipinski definition) is 6. The van der Waals surface area contributed by atoms with Crippen LogP contribution in [-0.4, -0.2) is 25.4 Å².